The molecule has 0 radical (unpaired) electrons. The maximum Gasteiger partial charge on any atom is 0.409 e. The average Bonchev–Trinajstić information content (AvgIpc) is 3.16. The molecule has 3 heterocycles. The largest absolute Gasteiger partial charge is 0.450 e. The van der Waals surface area contributed by atoms with E-state index in [1.165, 1.54) is 11.6 Å². The zero-order chi connectivity index (χ0) is 23.7. The summed E-state index contributed by atoms with van der Waals surface area (Å²) in [6, 6.07) is 7.42. The SMILES string of the molecule is CCOC(=O)N1CCN(Cc2nc3c(c(=O)n(C)c(=O)n3C)n2Cc2ccc(Cl)cc2)CC1. The Kier molecular flexibility index (Phi) is 6.57. The predicted octanol–water partition coefficient (Wildman–Crippen LogP) is 1.41. The molecule has 11 heteroatoms. The standard InChI is InChI=1S/C22H27ClN6O4/c1-4-33-22(32)28-11-9-27(10-12-28)14-17-24-19-18(20(30)26(3)21(31)25(19)2)29(17)13-15-5-7-16(23)8-6-15/h5-8H,4,9-14H2,1-3H3. The Balaban J connectivity index is 1.69. The summed E-state index contributed by atoms with van der Waals surface area (Å²) in [7, 11) is 3.09. The average molecular weight is 475 g/mol. The number of fused-ring (bicyclic) bond motifs is 1. The fourth-order valence-corrected chi connectivity index (χ4v) is 4.18. The van der Waals surface area contributed by atoms with E-state index < -0.39 is 5.69 Å². The lowest BCUT2D eigenvalue weighted by Gasteiger charge is -2.33. The molecule has 4 rings (SSSR count). The Bertz CT molecular complexity index is 1290. The number of piperazine rings is 1. The summed E-state index contributed by atoms with van der Waals surface area (Å²) in [5.74, 6) is 0.683. The molecular formula is C22H27ClN6O4. The van der Waals surface area contributed by atoms with Gasteiger partial charge in [-0.25, -0.2) is 14.6 Å². The van der Waals surface area contributed by atoms with Crippen molar-refractivity contribution in [3.05, 3.63) is 61.5 Å². The highest BCUT2D eigenvalue weighted by Gasteiger charge is 2.25. The van der Waals surface area contributed by atoms with Crippen molar-refractivity contribution in [3.8, 4) is 0 Å². The van der Waals surface area contributed by atoms with E-state index >= 15 is 0 Å². The van der Waals surface area contributed by atoms with Crippen molar-refractivity contribution in [2.24, 2.45) is 14.1 Å². The molecule has 1 fully saturated rings. The van der Waals surface area contributed by atoms with Crippen LogP contribution in [0.5, 0.6) is 0 Å². The monoisotopic (exact) mass is 474 g/mol. The molecular weight excluding hydrogens is 448 g/mol. The zero-order valence-electron chi connectivity index (χ0n) is 19.0. The van der Waals surface area contributed by atoms with Crippen molar-refractivity contribution in [2.45, 2.75) is 20.0 Å². The first-order valence-electron chi connectivity index (χ1n) is 10.8. The second-order valence-corrected chi connectivity index (χ2v) is 8.52. The summed E-state index contributed by atoms with van der Waals surface area (Å²) in [6.07, 6.45) is -0.300. The number of hydrogen-bond donors (Lipinski definition) is 0. The minimum absolute atomic E-state index is 0.300. The van der Waals surface area contributed by atoms with Gasteiger partial charge in [0.1, 0.15) is 5.82 Å². The lowest BCUT2D eigenvalue weighted by Crippen LogP contribution is -2.48. The van der Waals surface area contributed by atoms with Gasteiger partial charge in [0.05, 0.1) is 13.2 Å². The molecule has 176 valence electrons. The highest BCUT2D eigenvalue weighted by atomic mass is 35.5. The second-order valence-electron chi connectivity index (χ2n) is 8.08. The number of ether oxygens (including phenoxy) is 1. The molecule has 0 spiro atoms. The molecule has 1 saturated heterocycles. The number of carbonyl (C=O) groups is 1. The minimum atomic E-state index is -0.418. The maximum absolute atomic E-state index is 13.0. The van der Waals surface area contributed by atoms with Crippen LogP contribution in [-0.4, -0.2) is 67.4 Å². The van der Waals surface area contributed by atoms with E-state index in [4.69, 9.17) is 21.3 Å². The Labute approximate surface area is 195 Å². The van der Waals surface area contributed by atoms with Gasteiger partial charge in [-0.2, -0.15) is 0 Å². The lowest BCUT2D eigenvalue weighted by atomic mass is 10.2. The normalized spacial score (nSPS) is 14.7. The smallest absolute Gasteiger partial charge is 0.409 e. The van der Waals surface area contributed by atoms with Crippen molar-refractivity contribution >= 4 is 28.9 Å². The van der Waals surface area contributed by atoms with Crippen LogP contribution >= 0.6 is 11.6 Å². The number of aromatic nitrogens is 4. The number of amides is 1. The van der Waals surface area contributed by atoms with E-state index in [1.807, 2.05) is 16.7 Å². The van der Waals surface area contributed by atoms with Crippen LogP contribution in [0.15, 0.2) is 33.9 Å². The summed E-state index contributed by atoms with van der Waals surface area (Å²) in [5, 5.41) is 0.632. The summed E-state index contributed by atoms with van der Waals surface area (Å²) in [6.45, 7) is 5.45. The lowest BCUT2D eigenvalue weighted by molar-refractivity contribution is 0.0769. The molecule has 1 aromatic carbocycles. The Morgan fingerprint density at radius 2 is 1.70 bits per heavy atom. The molecule has 3 aromatic rings. The second kappa shape index (κ2) is 9.40. The van der Waals surface area contributed by atoms with Crippen LogP contribution in [-0.2, 0) is 31.9 Å². The van der Waals surface area contributed by atoms with Gasteiger partial charge in [0.2, 0.25) is 0 Å². The fourth-order valence-electron chi connectivity index (χ4n) is 4.06. The molecule has 1 aliphatic rings. The maximum atomic E-state index is 13.0. The number of halogens is 1. The predicted molar refractivity (Wildman–Crippen MR) is 125 cm³/mol. The number of carbonyl (C=O) groups excluding carboxylic acids is 1. The Morgan fingerprint density at radius 3 is 2.33 bits per heavy atom. The first-order valence-corrected chi connectivity index (χ1v) is 11.2. The van der Waals surface area contributed by atoms with E-state index in [9.17, 15) is 14.4 Å². The van der Waals surface area contributed by atoms with Crippen molar-refractivity contribution in [1.29, 1.82) is 0 Å². The van der Waals surface area contributed by atoms with Crippen LogP contribution in [0.3, 0.4) is 0 Å². The van der Waals surface area contributed by atoms with Crippen LogP contribution in [0, 0.1) is 0 Å². The van der Waals surface area contributed by atoms with Gasteiger partial charge in [0.25, 0.3) is 5.56 Å². The van der Waals surface area contributed by atoms with E-state index in [1.54, 1.807) is 31.0 Å². The van der Waals surface area contributed by atoms with Crippen LogP contribution in [0.25, 0.3) is 11.2 Å². The highest BCUT2D eigenvalue weighted by Crippen LogP contribution is 2.18. The van der Waals surface area contributed by atoms with E-state index in [-0.39, 0.29) is 11.7 Å². The van der Waals surface area contributed by atoms with Gasteiger partial charge in [-0.15, -0.1) is 0 Å². The van der Waals surface area contributed by atoms with Crippen LogP contribution in [0.1, 0.15) is 18.3 Å². The Hall–Kier alpha value is -3.11. The summed E-state index contributed by atoms with van der Waals surface area (Å²) in [5.41, 5.74) is 0.904. The van der Waals surface area contributed by atoms with Gasteiger partial charge < -0.3 is 14.2 Å². The molecule has 0 bridgehead atoms. The highest BCUT2D eigenvalue weighted by molar-refractivity contribution is 6.30. The summed E-state index contributed by atoms with van der Waals surface area (Å²) < 4.78 is 9.47. The first-order chi connectivity index (χ1) is 15.8. The number of nitrogens with zero attached hydrogens (tertiary/aromatic N) is 6. The molecule has 2 aromatic heterocycles. The van der Waals surface area contributed by atoms with Gasteiger partial charge >= 0.3 is 11.8 Å². The van der Waals surface area contributed by atoms with E-state index in [0.717, 1.165) is 10.1 Å². The van der Waals surface area contributed by atoms with Crippen LogP contribution in [0.2, 0.25) is 5.02 Å². The van der Waals surface area contributed by atoms with Gasteiger partial charge in [0.15, 0.2) is 11.2 Å². The van der Waals surface area contributed by atoms with Gasteiger partial charge in [-0.05, 0) is 24.6 Å². The molecule has 1 amide bonds. The molecule has 0 unspecified atom stereocenters. The first kappa shape index (κ1) is 23.1. The Morgan fingerprint density at radius 1 is 1.03 bits per heavy atom. The topological polar surface area (TPSA) is 94.6 Å². The molecule has 0 atom stereocenters. The number of benzene rings is 1. The van der Waals surface area contributed by atoms with Gasteiger partial charge in [0, 0.05) is 51.8 Å². The third-order valence-corrected chi connectivity index (χ3v) is 6.20. The molecule has 1 aliphatic heterocycles. The summed E-state index contributed by atoms with van der Waals surface area (Å²) in [4.78, 5) is 46.1. The van der Waals surface area contributed by atoms with Crippen molar-refractivity contribution in [2.75, 3.05) is 32.8 Å². The number of imidazole rings is 1. The van der Waals surface area contributed by atoms with Crippen molar-refractivity contribution in [3.63, 3.8) is 0 Å². The number of hydrogen-bond acceptors (Lipinski definition) is 6. The molecule has 0 saturated carbocycles. The van der Waals surface area contributed by atoms with Gasteiger partial charge in [-0.1, -0.05) is 23.7 Å². The van der Waals surface area contributed by atoms with Gasteiger partial charge in [-0.3, -0.25) is 18.8 Å². The molecule has 0 N–H and O–H groups in total. The quantitative estimate of drug-likeness (QED) is 0.555. The third kappa shape index (κ3) is 4.53. The number of rotatable bonds is 5. The molecule has 33 heavy (non-hydrogen) atoms. The van der Waals surface area contributed by atoms with E-state index in [2.05, 4.69) is 4.90 Å². The molecule has 0 aliphatic carbocycles. The van der Waals surface area contributed by atoms with Crippen LogP contribution in [0.4, 0.5) is 4.79 Å². The number of aryl methyl sites for hydroxylation is 1. The minimum Gasteiger partial charge on any atom is -0.450 e. The molecule has 10 nitrogen and oxygen atoms in total. The van der Waals surface area contributed by atoms with E-state index in [0.29, 0.717) is 67.9 Å². The zero-order valence-corrected chi connectivity index (χ0v) is 19.7. The van der Waals surface area contributed by atoms with Crippen molar-refractivity contribution in [1.82, 2.24) is 28.5 Å². The third-order valence-electron chi connectivity index (χ3n) is 5.94. The fraction of sp³-hybridized carbons (Fsp3) is 0.455. The van der Waals surface area contributed by atoms with Crippen molar-refractivity contribution < 1.29 is 9.53 Å². The summed E-state index contributed by atoms with van der Waals surface area (Å²) >= 11 is 6.03. The van der Waals surface area contributed by atoms with Crippen LogP contribution < -0.4 is 11.2 Å².